The number of carbonyl (C=O) groups excluding carboxylic acids is 1. The summed E-state index contributed by atoms with van der Waals surface area (Å²) in [6, 6.07) is 10.1. The van der Waals surface area contributed by atoms with E-state index >= 15 is 0 Å². The van der Waals surface area contributed by atoms with Crippen molar-refractivity contribution >= 4 is 11.6 Å². The molecule has 2 aromatic rings. The Morgan fingerprint density at radius 1 is 1.38 bits per heavy atom. The van der Waals surface area contributed by atoms with Crippen molar-refractivity contribution in [3.8, 4) is 0 Å². The molecule has 1 unspecified atom stereocenters. The van der Waals surface area contributed by atoms with Crippen LogP contribution in [0.25, 0.3) is 0 Å². The van der Waals surface area contributed by atoms with E-state index < -0.39 is 0 Å². The molecule has 3 rings (SSSR count). The van der Waals surface area contributed by atoms with Crippen LogP contribution >= 0.6 is 0 Å². The molecule has 0 fully saturated rings. The number of nitrogens with one attached hydrogen (secondary N) is 2. The first kappa shape index (κ1) is 13.7. The SMILES string of the molecule is O=C(CC1CNc2ccccc21)NCCCn1cccn1. The molecule has 1 amide bonds. The maximum absolute atomic E-state index is 12.0. The molecule has 0 radical (unpaired) electrons. The molecule has 2 N–H and O–H groups in total. The molecule has 5 nitrogen and oxygen atoms in total. The van der Waals surface area contributed by atoms with E-state index in [1.807, 2.05) is 29.1 Å². The number of hydrogen-bond donors (Lipinski definition) is 2. The smallest absolute Gasteiger partial charge is 0.220 e. The Labute approximate surface area is 124 Å². The summed E-state index contributed by atoms with van der Waals surface area (Å²) < 4.78 is 1.88. The lowest BCUT2D eigenvalue weighted by molar-refractivity contribution is -0.121. The molecule has 110 valence electrons. The number of carbonyl (C=O) groups is 1. The maximum Gasteiger partial charge on any atom is 0.220 e. The van der Waals surface area contributed by atoms with Gasteiger partial charge in [-0.2, -0.15) is 5.10 Å². The summed E-state index contributed by atoms with van der Waals surface area (Å²) in [5, 5.41) is 10.5. The monoisotopic (exact) mass is 284 g/mol. The minimum Gasteiger partial charge on any atom is -0.384 e. The van der Waals surface area contributed by atoms with Crippen molar-refractivity contribution in [1.82, 2.24) is 15.1 Å². The van der Waals surface area contributed by atoms with E-state index in [-0.39, 0.29) is 11.8 Å². The molecule has 1 atom stereocenters. The highest BCUT2D eigenvalue weighted by Gasteiger charge is 2.23. The summed E-state index contributed by atoms with van der Waals surface area (Å²) in [6.07, 6.45) is 5.14. The Morgan fingerprint density at radius 3 is 3.14 bits per heavy atom. The van der Waals surface area contributed by atoms with Crippen molar-refractivity contribution < 1.29 is 4.79 Å². The Kier molecular flexibility index (Phi) is 4.19. The molecular weight excluding hydrogens is 264 g/mol. The zero-order valence-electron chi connectivity index (χ0n) is 12.0. The zero-order chi connectivity index (χ0) is 14.5. The molecule has 0 bridgehead atoms. The number of benzene rings is 1. The summed E-state index contributed by atoms with van der Waals surface area (Å²) in [6.45, 7) is 2.38. The van der Waals surface area contributed by atoms with Crippen LogP contribution in [-0.2, 0) is 11.3 Å². The van der Waals surface area contributed by atoms with Gasteiger partial charge in [-0.25, -0.2) is 0 Å². The third-order valence-corrected chi connectivity index (χ3v) is 3.82. The molecule has 2 heterocycles. The van der Waals surface area contributed by atoms with Crippen molar-refractivity contribution in [2.75, 3.05) is 18.4 Å². The van der Waals surface area contributed by atoms with Crippen LogP contribution in [0.5, 0.6) is 0 Å². The number of fused-ring (bicyclic) bond motifs is 1. The van der Waals surface area contributed by atoms with E-state index in [1.165, 1.54) is 5.56 Å². The maximum atomic E-state index is 12.0. The lowest BCUT2D eigenvalue weighted by atomic mass is 9.97. The average molecular weight is 284 g/mol. The third-order valence-electron chi connectivity index (χ3n) is 3.82. The van der Waals surface area contributed by atoms with Crippen LogP contribution in [0.4, 0.5) is 5.69 Å². The van der Waals surface area contributed by atoms with E-state index in [1.54, 1.807) is 6.20 Å². The standard InChI is InChI=1S/C16H20N4O/c21-16(17-7-3-9-20-10-4-8-19-20)11-13-12-18-15-6-2-1-5-14(13)15/h1-2,4-6,8,10,13,18H,3,7,9,11-12H2,(H,17,21). The van der Waals surface area contributed by atoms with E-state index in [0.717, 1.165) is 25.2 Å². The van der Waals surface area contributed by atoms with Crippen LogP contribution < -0.4 is 10.6 Å². The van der Waals surface area contributed by atoms with Gasteiger partial charge in [0, 0.05) is 50.1 Å². The number of para-hydroxylation sites is 1. The predicted octanol–water partition coefficient (Wildman–Crippen LogP) is 1.99. The number of aromatic nitrogens is 2. The molecule has 0 saturated carbocycles. The van der Waals surface area contributed by atoms with Gasteiger partial charge in [-0.15, -0.1) is 0 Å². The van der Waals surface area contributed by atoms with Crippen LogP contribution in [-0.4, -0.2) is 28.8 Å². The van der Waals surface area contributed by atoms with Gasteiger partial charge >= 0.3 is 0 Å². The molecule has 1 aliphatic heterocycles. The van der Waals surface area contributed by atoms with Crippen molar-refractivity contribution in [3.63, 3.8) is 0 Å². The highest BCUT2D eigenvalue weighted by molar-refractivity contribution is 5.78. The fraction of sp³-hybridized carbons (Fsp3) is 0.375. The summed E-state index contributed by atoms with van der Waals surface area (Å²) in [4.78, 5) is 12.0. The van der Waals surface area contributed by atoms with Crippen LogP contribution in [0.15, 0.2) is 42.7 Å². The molecule has 0 spiro atoms. The summed E-state index contributed by atoms with van der Waals surface area (Å²) in [7, 11) is 0. The summed E-state index contributed by atoms with van der Waals surface area (Å²) >= 11 is 0. The quantitative estimate of drug-likeness (QED) is 0.798. The first-order valence-electron chi connectivity index (χ1n) is 7.40. The minimum atomic E-state index is 0.124. The van der Waals surface area contributed by atoms with Crippen LogP contribution in [0.2, 0.25) is 0 Å². The highest BCUT2D eigenvalue weighted by Crippen LogP contribution is 2.32. The lowest BCUT2D eigenvalue weighted by Gasteiger charge is -2.10. The van der Waals surface area contributed by atoms with Gasteiger partial charge in [0.15, 0.2) is 0 Å². The highest BCUT2D eigenvalue weighted by atomic mass is 16.1. The van der Waals surface area contributed by atoms with E-state index in [0.29, 0.717) is 13.0 Å². The van der Waals surface area contributed by atoms with E-state index in [4.69, 9.17) is 0 Å². The molecule has 21 heavy (non-hydrogen) atoms. The third kappa shape index (κ3) is 3.42. The molecule has 1 aromatic carbocycles. The molecule has 0 saturated heterocycles. The van der Waals surface area contributed by atoms with Gasteiger partial charge in [-0.1, -0.05) is 18.2 Å². The van der Waals surface area contributed by atoms with Gasteiger partial charge < -0.3 is 10.6 Å². The van der Waals surface area contributed by atoms with Crippen molar-refractivity contribution in [2.45, 2.75) is 25.3 Å². The van der Waals surface area contributed by atoms with Crippen LogP contribution in [0, 0.1) is 0 Å². The number of amides is 1. The van der Waals surface area contributed by atoms with Crippen molar-refractivity contribution in [3.05, 3.63) is 48.3 Å². The number of nitrogens with zero attached hydrogens (tertiary/aromatic N) is 2. The number of hydrogen-bond acceptors (Lipinski definition) is 3. The minimum absolute atomic E-state index is 0.124. The number of aryl methyl sites for hydroxylation is 1. The topological polar surface area (TPSA) is 59.0 Å². The Morgan fingerprint density at radius 2 is 2.29 bits per heavy atom. The summed E-state index contributed by atoms with van der Waals surface area (Å²) in [5.74, 6) is 0.409. The second-order valence-corrected chi connectivity index (χ2v) is 5.34. The first-order valence-corrected chi connectivity index (χ1v) is 7.40. The van der Waals surface area contributed by atoms with Gasteiger partial charge in [0.1, 0.15) is 0 Å². The lowest BCUT2D eigenvalue weighted by Crippen LogP contribution is -2.27. The second kappa shape index (κ2) is 6.43. The van der Waals surface area contributed by atoms with E-state index in [9.17, 15) is 4.79 Å². The normalized spacial score (nSPS) is 16.3. The zero-order valence-corrected chi connectivity index (χ0v) is 12.0. The van der Waals surface area contributed by atoms with Gasteiger partial charge in [0.05, 0.1) is 0 Å². The Hall–Kier alpha value is -2.30. The largest absolute Gasteiger partial charge is 0.384 e. The van der Waals surface area contributed by atoms with Gasteiger partial charge in [-0.3, -0.25) is 9.48 Å². The predicted molar refractivity (Wildman–Crippen MR) is 82.1 cm³/mol. The number of anilines is 1. The van der Waals surface area contributed by atoms with Crippen LogP contribution in [0.3, 0.4) is 0 Å². The summed E-state index contributed by atoms with van der Waals surface area (Å²) in [5.41, 5.74) is 2.41. The van der Waals surface area contributed by atoms with Crippen LogP contribution in [0.1, 0.15) is 24.3 Å². The molecule has 1 aliphatic rings. The van der Waals surface area contributed by atoms with E-state index in [2.05, 4.69) is 27.9 Å². The van der Waals surface area contributed by atoms with Gasteiger partial charge in [0.2, 0.25) is 5.91 Å². The average Bonchev–Trinajstić information content (AvgIpc) is 3.14. The molecule has 0 aliphatic carbocycles. The van der Waals surface area contributed by atoms with Gasteiger partial charge in [0.25, 0.3) is 0 Å². The fourth-order valence-electron chi connectivity index (χ4n) is 2.74. The second-order valence-electron chi connectivity index (χ2n) is 5.34. The molecular formula is C16H20N4O. The molecule has 1 aromatic heterocycles. The molecule has 5 heteroatoms. The fourth-order valence-corrected chi connectivity index (χ4v) is 2.74. The Bertz CT molecular complexity index is 594. The number of rotatable bonds is 6. The van der Waals surface area contributed by atoms with Crippen molar-refractivity contribution in [2.24, 2.45) is 0 Å². The van der Waals surface area contributed by atoms with Gasteiger partial charge in [-0.05, 0) is 24.1 Å². The Balaban J connectivity index is 1.41. The van der Waals surface area contributed by atoms with Crippen molar-refractivity contribution in [1.29, 1.82) is 0 Å². The first-order chi connectivity index (χ1) is 10.3.